The summed E-state index contributed by atoms with van der Waals surface area (Å²) in [5.74, 6) is 5.31. The van der Waals surface area contributed by atoms with Gasteiger partial charge < -0.3 is 0 Å². The van der Waals surface area contributed by atoms with Gasteiger partial charge in [0.15, 0.2) is 0 Å². The summed E-state index contributed by atoms with van der Waals surface area (Å²) in [6.07, 6.45) is 18.3. The molecule has 0 N–H and O–H groups in total. The monoisotopic (exact) mass is 226 g/mol. The molecule has 0 nitrogen and oxygen atoms in total. The standard InChI is InChI=1S/C17H22/c1-2-16-15-5-3-11-10-12-4-6-13(11)14(15)7-9-17(12,16)8-1/h1-2,8,11-15H,3-7,9-10H2. The molecule has 8 rings (SSSR count). The molecule has 0 aliphatic heterocycles. The highest BCUT2D eigenvalue weighted by Crippen LogP contribution is 2.67. The van der Waals surface area contributed by atoms with E-state index in [4.69, 9.17) is 0 Å². The molecule has 0 radical (unpaired) electrons. The van der Waals surface area contributed by atoms with E-state index in [1.807, 2.05) is 5.57 Å². The van der Waals surface area contributed by atoms with Crippen molar-refractivity contribution in [1.82, 2.24) is 0 Å². The molecule has 7 saturated carbocycles. The maximum Gasteiger partial charge on any atom is 0.0128 e. The highest BCUT2D eigenvalue weighted by atomic mass is 14.6. The van der Waals surface area contributed by atoms with Gasteiger partial charge in [-0.3, -0.25) is 0 Å². The fourth-order valence-electron chi connectivity index (χ4n) is 6.61. The van der Waals surface area contributed by atoms with Gasteiger partial charge in [0.2, 0.25) is 0 Å². The number of fused-ring (bicyclic) bond motifs is 1. The molecule has 6 atom stereocenters. The minimum Gasteiger partial charge on any atom is -0.0740 e. The molecule has 1 spiro atoms. The molecule has 8 aliphatic rings. The molecule has 0 amide bonds. The van der Waals surface area contributed by atoms with Crippen molar-refractivity contribution in [3.63, 3.8) is 0 Å². The van der Waals surface area contributed by atoms with E-state index in [0.717, 1.165) is 29.6 Å². The zero-order valence-corrected chi connectivity index (χ0v) is 10.6. The van der Waals surface area contributed by atoms with E-state index in [1.165, 1.54) is 19.3 Å². The van der Waals surface area contributed by atoms with Gasteiger partial charge in [-0.05, 0) is 74.5 Å². The summed E-state index contributed by atoms with van der Waals surface area (Å²) in [6.45, 7) is 0. The molecule has 0 saturated heterocycles. The van der Waals surface area contributed by atoms with Crippen LogP contribution in [0, 0.1) is 35.0 Å². The van der Waals surface area contributed by atoms with Crippen LogP contribution in [0.15, 0.2) is 23.8 Å². The van der Waals surface area contributed by atoms with E-state index >= 15 is 0 Å². The van der Waals surface area contributed by atoms with Gasteiger partial charge in [-0.15, -0.1) is 0 Å². The summed E-state index contributed by atoms with van der Waals surface area (Å²) in [7, 11) is 0. The molecule has 0 heterocycles. The quantitative estimate of drug-likeness (QED) is 0.576. The smallest absolute Gasteiger partial charge is 0.0128 e. The van der Waals surface area contributed by atoms with Gasteiger partial charge >= 0.3 is 0 Å². The van der Waals surface area contributed by atoms with Crippen molar-refractivity contribution in [3.05, 3.63) is 23.8 Å². The van der Waals surface area contributed by atoms with Crippen molar-refractivity contribution < 1.29 is 0 Å². The van der Waals surface area contributed by atoms with Crippen molar-refractivity contribution in [2.45, 2.75) is 44.9 Å². The molecule has 0 aromatic rings. The van der Waals surface area contributed by atoms with E-state index in [1.54, 1.807) is 25.7 Å². The van der Waals surface area contributed by atoms with Crippen LogP contribution in [-0.2, 0) is 0 Å². The molecular weight excluding hydrogens is 204 g/mol. The van der Waals surface area contributed by atoms with Gasteiger partial charge in [0, 0.05) is 5.41 Å². The Morgan fingerprint density at radius 2 is 2.00 bits per heavy atom. The normalized spacial score (nSPS) is 57.9. The lowest BCUT2D eigenvalue weighted by atomic mass is 9.43. The molecule has 6 bridgehead atoms. The minimum absolute atomic E-state index is 0.561. The first kappa shape index (κ1) is 9.42. The molecular formula is C17H22. The van der Waals surface area contributed by atoms with Crippen LogP contribution in [0.5, 0.6) is 0 Å². The fraction of sp³-hybridized carbons (Fsp3) is 0.765. The molecule has 0 heteroatoms. The Kier molecular flexibility index (Phi) is 1.60. The Hall–Kier alpha value is -0.520. The summed E-state index contributed by atoms with van der Waals surface area (Å²) >= 11 is 0. The van der Waals surface area contributed by atoms with Crippen molar-refractivity contribution >= 4 is 0 Å². The lowest BCUT2D eigenvalue weighted by Crippen LogP contribution is -2.52. The number of allylic oxidation sites excluding steroid dienone is 4. The van der Waals surface area contributed by atoms with Crippen LogP contribution in [0.2, 0.25) is 0 Å². The predicted molar refractivity (Wildman–Crippen MR) is 69.4 cm³/mol. The van der Waals surface area contributed by atoms with Crippen molar-refractivity contribution in [3.8, 4) is 0 Å². The van der Waals surface area contributed by atoms with E-state index in [9.17, 15) is 0 Å². The Bertz CT molecular complexity index is 429. The minimum atomic E-state index is 0.561. The SMILES string of the molecule is C1=CC23CCC4C(CCC5CC2CCC54)C3=C1. The number of hydrogen-bond donors (Lipinski definition) is 0. The number of rotatable bonds is 0. The third kappa shape index (κ3) is 0.948. The van der Waals surface area contributed by atoms with Crippen molar-refractivity contribution in [2.75, 3.05) is 0 Å². The van der Waals surface area contributed by atoms with Crippen LogP contribution in [0.25, 0.3) is 0 Å². The van der Waals surface area contributed by atoms with Crippen molar-refractivity contribution in [2.24, 2.45) is 35.0 Å². The van der Waals surface area contributed by atoms with Gasteiger partial charge in [-0.2, -0.15) is 0 Å². The van der Waals surface area contributed by atoms with Crippen LogP contribution >= 0.6 is 0 Å². The third-order valence-electron chi connectivity index (χ3n) is 7.18. The van der Waals surface area contributed by atoms with Crippen LogP contribution in [-0.4, -0.2) is 0 Å². The lowest BCUT2D eigenvalue weighted by Gasteiger charge is -2.61. The number of hydrogen-bond acceptors (Lipinski definition) is 0. The molecule has 6 unspecified atom stereocenters. The van der Waals surface area contributed by atoms with E-state index in [-0.39, 0.29) is 0 Å². The molecule has 7 fully saturated rings. The molecule has 90 valence electrons. The Labute approximate surface area is 104 Å². The topological polar surface area (TPSA) is 0 Å². The summed E-state index contributed by atoms with van der Waals surface area (Å²) in [4.78, 5) is 0. The first-order valence-electron chi connectivity index (χ1n) is 7.78. The average molecular weight is 226 g/mol. The van der Waals surface area contributed by atoms with Gasteiger partial charge in [0.1, 0.15) is 0 Å². The first-order chi connectivity index (χ1) is 8.38. The molecule has 17 heavy (non-hydrogen) atoms. The second-order valence-electron chi connectivity index (χ2n) is 7.34. The van der Waals surface area contributed by atoms with Gasteiger partial charge in [0.25, 0.3) is 0 Å². The van der Waals surface area contributed by atoms with E-state index in [2.05, 4.69) is 18.2 Å². The summed E-state index contributed by atoms with van der Waals surface area (Å²) < 4.78 is 0. The molecule has 8 aliphatic carbocycles. The summed E-state index contributed by atoms with van der Waals surface area (Å²) in [5.41, 5.74) is 2.45. The highest BCUT2D eigenvalue weighted by molar-refractivity contribution is 5.40. The summed E-state index contributed by atoms with van der Waals surface area (Å²) in [5, 5.41) is 0. The van der Waals surface area contributed by atoms with Crippen LogP contribution in [0.1, 0.15) is 44.9 Å². The van der Waals surface area contributed by atoms with Crippen LogP contribution in [0.4, 0.5) is 0 Å². The Balaban J connectivity index is 1.75. The van der Waals surface area contributed by atoms with Gasteiger partial charge in [-0.1, -0.05) is 23.8 Å². The second-order valence-corrected chi connectivity index (χ2v) is 7.34. The van der Waals surface area contributed by atoms with E-state index < -0.39 is 0 Å². The molecule has 0 aromatic heterocycles. The van der Waals surface area contributed by atoms with Crippen LogP contribution in [0.3, 0.4) is 0 Å². The Morgan fingerprint density at radius 3 is 3.00 bits per heavy atom. The highest BCUT2D eigenvalue weighted by Gasteiger charge is 2.58. The third-order valence-corrected chi connectivity index (χ3v) is 7.18. The maximum absolute atomic E-state index is 2.62. The fourth-order valence-corrected chi connectivity index (χ4v) is 6.61. The van der Waals surface area contributed by atoms with Crippen molar-refractivity contribution in [1.29, 1.82) is 0 Å². The summed E-state index contributed by atoms with van der Waals surface area (Å²) in [6, 6.07) is 0. The average Bonchev–Trinajstić information content (AvgIpc) is 2.79. The first-order valence-corrected chi connectivity index (χ1v) is 7.78. The van der Waals surface area contributed by atoms with Gasteiger partial charge in [-0.25, -0.2) is 0 Å². The van der Waals surface area contributed by atoms with E-state index in [0.29, 0.717) is 5.41 Å². The Morgan fingerprint density at radius 1 is 1.00 bits per heavy atom. The van der Waals surface area contributed by atoms with Gasteiger partial charge in [0.05, 0.1) is 0 Å². The largest absolute Gasteiger partial charge is 0.0740 e. The lowest BCUT2D eigenvalue weighted by molar-refractivity contribution is -0.0531. The zero-order valence-electron chi connectivity index (χ0n) is 10.6. The predicted octanol–water partition coefficient (Wildman–Crippen LogP) is 4.34. The van der Waals surface area contributed by atoms with Crippen LogP contribution < -0.4 is 0 Å². The maximum atomic E-state index is 2.62. The molecule has 0 aromatic carbocycles. The second kappa shape index (κ2) is 2.90. The zero-order chi connectivity index (χ0) is 11.0.